The van der Waals surface area contributed by atoms with Gasteiger partial charge in [0, 0.05) is 11.3 Å². The van der Waals surface area contributed by atoms with Crippen molar-refractivity contribution in [3.8, 4) is 22.3 Å². The Balaban J connectivity index is 0.000000176. The van der Waals surface area contributed by atoms with Crippen LogP contribution in [0.3, 0.4) is 0 Å². The molecule has 5 aromatic rings. The average molecular weight is 484 g/mol. The number of hydrogen-bond donors (Lipinski definition) is 1. The van der Waals surface area contributed by atoms with E-state index in [4.69, 9.17) is 0 Å². The Labute approximate surface area is 220 Å². The maximum Gasteiger partial charge on any atom is 0.255 e. The Morgan fingerprint density at radius 3 is 1.03 bits per heavy atom. The molecule has 37 heavy (non-hydrogen) atoms. The van der Waals surface area contributed by atoms with Crippen LogP contribution in [0.15, 0.2) is 121 Å². The zero-order chi connectivity index (χ0) is 26.2. The fourth-order valence-electron chi connectivity index (χ4n) is 3.89. The van der Waals surface area contributed by atoms with Gasteiger partial charge in [0.2, 0.25) is 0 Å². The van der Waals surface area contributed by atoms with E-state index in [1.54, 1.807) is 0 Å². The van der Waals surface area contributed by atoms with Crippen LogP contribution >= 0.6 is 0 Å². The van der Waals surface area contributed by atoms with E-state index in [1.807, 2.05) is 62.4 Å². The lowest BCUT2D eigenvalue weighted by atomic mass is 9.99. The smallest absolute Gasteiger partial charge is 0.255 e. The molecule has 0 aliphatic rings. The Bertz CT molecular complexity index is 1360. The van der Waals surface area contributed by atoms with Crippen molar-refractivity contribution in [2.24, 2.45) is 0 Å². The number of carbonyl (C=O) groups excluding carboxylic acids is 1. The molecule has 1 N–H and O–H groups in total. The highest BCUT2D eigenvalue weighted by molar-refractivity contribution is 6.04. The quantitative estimate of drug-likeness (QED) is 0.271. The molecule has 5 rings (SSSR count). The molecule has 0 bridgehead atoms. The number of aryl methyl sites for hydroxylation is 4. The normalized spacial score (nSPS) is 10.3. The van der Waals surface area contributed by atoms with Crippen molar-refractivity contribution >= 4 is 11.6 Å². The summed E-state index contributed by atoms with van der Waals surface area (Å²) < 4.78 is 0. The largest absolute Gasteiger partial charge is 0.322 e. The number of carbonyl (C=O) groups is 1. The molecule has 0 aromatic heterocycles. The highest BCUT2D eigenvalue weighted by Crippen LogP contribution is 2.25. The number of benzene rings is 5. The van der Waals surface area contributed by atoms with Gasteiger partial charge in [-0.05, 0) is 74.2 Å². The van der Waals surface area contributed by atoms with E-state index < -0.39 is 0 Å². The Morgan fingerprint density at radius 1 is 0.405 bits per heavy atom. The fraction of sp³-hybridized carbons (Fsp3) is 0.114. The van der Waals surface area contributed by atoms with E-state index in [9.17, 15) is 4.79 Å². The summed E-state index contributed by atoms with van der Waals surface area (Å²) in [5, 5.41) is 2.87. The Morgan fingerprint density at radius 2 is 0.676 bits per heavy atom. The van der Waals surface area contributed by atoms with Gasteiger partial charge in [-0.15, -0.1) is 0 Å². The third-order valence-corrected chi connectivity index (χ3v) is 6.28. The van der Waals surface area contributed by atoms with Crippen LogP contribution in [0.4, 0.5) is 5.69 Å². The second-order valence-corrected chi connectivity index (χ2v) is 9.50. The van der Waals surface area contributed by atoms with E-state index in [-0.39, 0.29) is 5.91 Å². The van der Waals surface area contributed by atoms with Gasteiger partial charge in [0.05, 0.1) is 0 Å². The minimum atomic E-state index is -0.0751. The van der Waals surface area contributed by atoms with Crippen molar-refractivity contribution < 1.29 is 4.79 Å². The molecule has 0 heterocycles. The summed E-state index contributed by atoms with van der Waals surface area (Å²) >= 11 is 0. The molecule has 0 saturated carbocycles. The molecule has 2 nitrogen and oxygen atoms in total. The molecule has 0 atom stereocenters. The third kappa shape index (κ3) is 7.28. The van der Waals surface area contributed by atoms with Gasteiger partial charge < -0.3 is 5.32 Å². The molecule has 2 heteroatoms. The van der Waals surface area contributed by atoms with Crippen LogP contribution in [-0.4, -0.2) is 5.91 Å². The second kappa shape index (κ2) is 12.0. The van der Waals surface area contributed by atoms with Crippen LogP contribution in [0.5, 0.6) is 0 Å². The molecule has 0 unspecified atom stereocenters. The topological polar surface area (TPSA) is 29.1 Å². The maximum absolute atomic E-state index is 11.9. The van der Waals surface area contributed by atoms with Gasteiger partial charge >= 0.3 is 0 Å². The van der Waals surface area contributed by atoms with E-state index in [2.05, 4.69) is 92.0 Å². The van der Waals surface area contributed by atoms with E-state index in [1.165, 1.54) is 38.9 Å². The summed E-state index contributed by atoms with van der Waals surface area (Å²) in [5.41, 5.74) is 11.5. The van der Waals surface area contributed by atoms with Gasteiger partial charge in [-0.3, -0.25) is 4.79 Å². The summed E-state index contributed by atoms with van der Waals surface area (Å²) in [5.74, 6) is -0.0751. The zero-order valence-corrected chi connectivity index (χ0v) is 22.0. The summed E-state index contributed by atoms with van der Waals surface area (Å²) in [7, 11) is 0. The molecule has 0 spiro atoms. The molecule has 0 fully saturated rings. The molecule has 1 amide bonds. The number of nitrogens with one attached hydrogen (secondary N) is 1. The minimum absolute atomic E-state index is 0.0751. The van der Waals surface area contributed by atoms with Crippen LogP contribution in [0.1, 0.15) is 32.6 Å². The van der Waals surface area contributed by atoms with Crippen molar-refractivity contribution in [2.75, 3.05) is 5.32 Å². The van der Waals surface area contributed by atoms with Crippen molar-refractivity contribution in [3.05, 3.63) is 149 Å². The Kier molecular flexibility index (Phi) is 8.33. The first-order valence-electron chi connectivity index (χ1n) is 12.6. The van der Waals surface area contributed by atoms with Gasteiger partial charge in [-0.2, -0.15) is 0 Å². The SMILES string of the molecule is Cc1ccc(-c2ccc(-c3ccc(C)cc3)cc2)cc1.Cc1ccc(NC(=O)c2ccc(C)cc2)cc1. The van der Waals surface area contributed by atoms with Gasteiger partial charge in [-0.25, -0.2) is 0 Å². The molecule has 184 valence electrons. The first-order valence-corrected chi connectivity index (χ1v) is 12.6. The van der Waals surface area contributed by atoms with Crippen LogP contribution in [0.2, 0.25) is 0 Å². The van der Waals surface area contributed by atoms with Crippen LogP contribution in [0.25, 0.3) is 22.3 Å². The van der Waals surface area contributed by atoms with Gasteiger partial charge in [-0.1, -0.05) is 119 Å². The van der Waals surface area contributed by atoms with Crippen LogP contribution in [-0.2, 0) is 0 Å². The van der Waals surface area contributed by atoms with E-state index in [0.717, 1.165) is 11.3 Å². The molecular weight excluding hydrogens is 450 g/mol. The number of hydrogen-bond acceptors (Lipinski definition) is 1. The van der Waals surface area contributed by atoms with Crippen molar-refractivity contribution in [1.29, 1.82) is 0 Å². The molecule has 5 aromatic carbocycles. The van der Waals surface area contributed by atoms with E-state index >= 15 is 0 Å². The van der Waals surface area contributed by atoms with Crippen molar-refractivity contribution in [2.45, 2.75) is 27.7 Å². The van der Waals surface area contributed by atoms with Crippen LogP contribution in [0, 0.1) is 27.7 Å². The minimum Gasteiger partial charge on any atom is -0.322 e. The van der Waals surface area contributed by atoms with Gasteiger partial charge in [0.1, 0.15) is 0 Å². The molecule has 0 aliphatic carbocycles. The summed E-state index contributed by atoms with van der Waals surface area (Å²) in [6, 6.07) is 41.4. The molecule has 0 radical (unpaired) electrons. The first-order chi connectivity index (χ1) is 17.9. The predicted octanol–water partition coefficient (Wildman–Crippen LogP) is 9.19. The second-order valence-electron chi connectivity index (χ2n) is 9.50. The molecule has 0 saturated heterocycles. The lowest BCUT2D eigenvalue weighted by Crippen LogP contribution is -2.11. The zero-order valence-electron chi connectivity index (χ0n) is 22.0. The predicted molar refractivity (Wildman–Crippen MR) is 157 cm³/mol. The summed E-state index contributed by atoms with van der Waals surface area (Å²) in [6.45, 7) is 8.25. The highest BCUT2D eigenvalue weighted by Gasteiger charge is 2.05. The number of anilines is 1. The highest BCUT2D eigenvalue weighted by atomic mass is 16.1. The third-order valence-electron chi connectivity index (χ3n) is 6.28. The first kappa shape index (κ1) is 25.7. The number of amides is 1. The van der Waals surface area contributed by atoms with Gasteiger partial charge in [0.15, 0.2) is 0 Å². The maximum atomic E-state index is 11.9. The fourth-order valence-corrected chi connectivity index (χ4v) is 3.89. The van der Waals surface area contributed by atoms with Gasteiger partial charge in [0.25, 0.3) is 5.91 Å². The molecule has 0 aliphatic heterocycles. The average Bonchev–Trinajstić information content (AvgIpc) is 2.92. The summed E-state index contributed by atoms with van der Waals surface area (Å²) in [6.07, 6.45) is 0. The monoisotopic (exact) mass is 483 g/mol. The Hall–Kier alpha value is -4.43. The van der Waals surface area contributed by atoms with Crippen molar-refractivity contribution in [1.82, 2.24) is 0 Å². The lowest BCUT2D eigenvalue weighted by Gasteiger charge is -2.06. The van der Waals surface area contributed by atoms with E-state index in [0.29, 0.717) is 5.56 Å². The van der Waals surface area contributed by atoms with Crippen LogP contribution < -0.4 is 5.32 Å². The lowest BCUT2D eigenvalue weighted by molar-refractivity contribution is 0.102. The standard InChI is InChI=1S/C20H18.C15H15NO/c1-15-3-7-17(8-4-15)19-11-13-20(14-12-19)18-9-5-16(2)6-10-18;1-11-3-7-13(8-4-11)15(17)16-14-9-5-12(2)6-10-14/h3-14H,1-2H3;3-10H,1-2H3,(H,16,17). The van der Waals surface area contributed by atoms with Crippen molar-refractivity contribution in [3.63, 3.8) is 0 Å². The molecular formula is C35H33NO. The number of rotatable bonds is 4. The summed E-state index contributed by atoms with van der Waals surface area (Å²) in [4.78, 5) is 11.9.